The fraction of sp³-hybridized carbons (Fsp3) is 1.00. The number of nitrogens with one attached hydrogen (secondary N) is 1. The van der Waals surface area contributed by atoms with Gasteiger partial charge in [0.2, 0.25) is 0 Å². The van der Waals surface area contributed by atoms with Crippen molar-refractivity contribution in [3.8, 4) is 0 Å². The van der Waals surface area contributed by atoms with Crippen LogP contribution in [0.15, 0.2) is 0 Å². The molecule has 90 valence electrons. The highest BCUT2D eigenvalue weighted by molar-refractivity contribution is 4.97. The van der Waals surface area contributed by atoms with Crippen LogP contribution in [0.2, 0.25) is 0 Å². The first kappa shape index (κ1) is 12.9. The molecule has 3 heteroatoms. The molecule has 1 fully saturated rings. The number of aliphatic hydroxyl groups is 1. The molecular weight excluding hydrogens is 190 g/mol. The van der Waals surface area contributed by atoms with E-state index >= 15 is 0 Å². The van der Waals surface area contributed by atoms with E-state index in [2.05, 4.69) is 12.2 Å². The Morgan fingerprint density at radius 1 is 1.47 bits per heavy atom. The fourth-order valence-electron chi connectivity index (χ4n) is 2.23. The number of unbranched alkanes of at least 4 members (excludes halogenated alkanes) is 1. The third kappa shape index (κ3) is 3.74. The smallest absolute Gasteiger partial charge is 0.0616 e. The first-order chi connectivity index (χ1) is 7.26. The summed E-state index contributed by atoms with van der Waals surface area (Å²) in [7, 11) is 1.74. The first-order valence-corrected chi connectivity index (χ1v) is 6.14. The molecule has 0 heterocycles. The Morgan fingerprint density at radius 2 is 2.20 bits per heavy atom. The predicted molar refractivity (Wildman–Crippen MR) is 62.0 cm³/mol. The number of rotatable bonds is 8. The molecule has 2 N–H and O–H groups in total. The largest absolute Gasteiger partial charge is 0.394 e. The van der Waals surface area contributed by atoms with Gasteiger partial charge in [0, 0.05) is 18.7 Å². The minimum absolute atomic E-state index is 0.0109. The molecule has 0 bridgehead atoms. The summed E-state index contributed by atoms with van der Waals surface area (Å²) in [4.78, 5) is 0. The minimum atomic E-state index is 0.0109. The number of hydrogen-bond acceptors (Lipinski definition) is 3. The maximum Gasteiger partial charge on any atom is 0.0616 e. The summed E-state index contributed by atoms with van der Waals surface area (Å²) in [5.74, 6) is 0. The van der Waals surface area contributed by atoms with Crippen LogP contribution < -0.4 is 5.32 Å². The number of ether oxygens (including phenoxy) is 1. The van der Waals surface area contributed by atoms with Crippen molar-refractivity contribution in [1.82, 2.24) is 5.32 Å². The van der Waals surface area contributed by atoms with Crippen LogP contribution in [0, 0.1) is 0 Å². The van der Waals surface area contributed by atoms with Crippen molar-refractivity contribution in [1.29, 1.82) is 0 Å². The molecule has 1 atom stereocenters. The predicted octanol–water partition coefficient (Wildman–Crippen LogP) is 1.70. The van der Waals surface area contributed by atoms with Crippen LogP contribution in [-0.2, 0) is 4.74 Å². The molecule has 0 saturated heterocycles. The molecule has 0 spiro atoms. The van der Waals surface area contributed by atoms with Crippen LogP contribution in [0.4, 0.5) is 0 Å². The van der Waals surface area contributed by atoms with E-state index in [0.717, 1.165) is 25.9 Å². The summed E-state index contributed by atoms with van der Waals surface area (Å²) in [5.41, 5.74) is 0.0109. The van der Waals surface area contributed by atoms with Crippen molar-refractivity contribution in [3.05, 3.63) is 0 Å². The quantitative estimate of drug-likeness (QED) is 0.647. The summed E-state index contributed by atoms with van der Waals surface area (Å²) >= 11 is 0. The molecule has 1 aliphatic rings. The molecule has 1 unspecified atom stereocenters. The van der Waals surface area contributed by atoms with Gasteiger partial charge in [0.05, 0.1) is 13.2 Å². The minimum Gasteiger partial charge on any atom is -0.394 e. The second kappa shape index (κ2) is 6.46. The third-order valence-electron chi connectivity index (χ3n) is 3.40. The van der Waals surface area contributed by atoms with Crippen molar-refractivity contribution < 1.29 is 9.84 Å². The van der Waals surface area contributed by atoms with E-state index in [4.69, 9.17) is 4.74 Å². The lowest BCUT2D eigenvalue weighted by atomic mass is 9.76. The molecule has 0 amide bonds. The molecule has 1 saturated carbocycles. The Kier molecular flexibility index (Phi) is 5.58. The molecule has 3 nitrogen and oxygen atoms in total. The van der Waals surface area contributed by atoms with Crippen molar-refractivity contribution in [2.45, 2.75) is 57.0 Å². The zero-order valence-electron chi connectivity index (χ0n) is 10.1. The Morgan fingerprint density at radius 3 is 2.60 bits per heavy atom. The Balaban J connectivity index is 2.34. The Labute approximate surface area is 93.2 Å². The topological polar surface area (TPSA) is 41.5 Å². The lowest BCUT2D eigenvalue weighted by Crippen LogP contribution is -2.58. The van der Waals surface area contributed by atoms with Gasteiger partial charge in [0.25, 0.3) is 0 Å². The van der Waals surface area contributed by atoms with Crippen LogP contribution in [0.1, 0.15) is 45.4 Å². The van der Waals surface area contributed by atoms with Crippen molar-refractivity contribution in [2.24, 2.45) is 0 Å². The molecule has 0 aromatic heterocycles. The standard InChI is InChI=1S/C12H25NO2/c1-3-4-6-11(9-15-2)13-12(10-14)7-5-8-12/h11,13-14H,3-10H2,1-2H3. The molecule has 0 aromatic rings. The van der Waals surface area contributed by atoms with Crippen LogP contribution in [0.3, 0.4) is 0 Å². The van der Waals surface area contributed by atoms with E-state index < -0.39 is 0 Å². The van der Waals surface area contributed by atoms with Gasteiger partial charge >= 0.3 is 0 Å². The zero-order valence-corrected chi connectivity index (χ0v) is 10.1. The monoisotopic (exact) mass is 215 g/mol. The van der Waals surface area contributed by atoms with Crippen LogP contribution in [0.25, 0.3) is 0 Å². The second-order valence-corrected chi connectivity index (χ2v) is 4.73. The highest BCUT2D eigenvalue weighted by atomic mass is 16.5. The van der Waals surface area contributed by atoms with Gasteiger partial charge in [-0.3, -0.25) is 0 Å². The molecular formula is C12H25NO2. The van der Waals surface area contributed by atoms with Crippen LogP contribution in [-0.4, -0.2) is 37.0 Å². The average Bonchev–Trinajstić information content (AvgIpc) is 2.20. The molecule has 15 heavy (non-hydrogen) atoms. The summed E-state index contributed by atoms with van der Waals surface area (Å²) < 4.78 is 5.22. The number of methoxy groups -OCH3 is 1. The molecule has 0 aromatic carbocycles. The normalized spacial score (nSPS) is 21.0. The van der Waals surface area contributed by atoms with Crippen LogP contribution in [0.5, 0.6) is 0 Å². The van der Waals surface area contributed by atoms with Crippen molar-refractivity contribution in [3.63, 3.8) is 0 Å². The molecule has 1 rings (SSSR count). The first-order valence-electron chi connectivity index (χ1n) is 6.14. The number of hydrogen-bond donors (Lipinski definition) is 2. The van der Waals surface area contributed by atoms with Gasteiger partial charge in [-0.1, -0.05) is 19.8 Å². The Hall–Kier alpha value is -0.120. The third-order valence-corrected chi connectivity index (χ3v) is 3.40. The van der Waals surface area contributed by atoms with Gasteiger partial charge in [-0.2, -0.15) is 0 Å². The Bertz CT molecular complexity index is 163. The van der Waals surface area contributed by atoms with Crippen molar-refractivity contribution in [2.75, 3.05) is 20.3 Å². The van der Waals surface area contributed by atoms with Gasteiger partial charge in [-0.25, -0.2) is 0 Å². The fourth-order valence-corrected chi connectivity index (χ4v) is 2.23. The van der Waals surface area contributed by atoms with Gasteiger partial charge in [0.1, 0.15) is 0 Å². The highest BCUT2D eigenvalue weighted by Gasteiger charge is 2.37. The maximum atomic E-state index is 9.38. The van der Waals surface area contributed by atoms with Crippen molar-refractivity contribution >= 4 is 0 Å². The van der Waals surface area contributed by atoms with Crippen LogP contribution >= 0.6 is 0 Å². The lowest BCUT2D eigenvalue weighted by molar-refractivity contribution is 0.0555. The van der Waals surface area contributed by atoms with E-state index in [1.807, 2.05) is 0 Å². The summed E-state index contributed by atoms with van der Waals surface area (Å²) in [6, 6.07) is 0.405. The molecule has 0 aliphatic heterocycles. The summed E-state index contributed by atoms with van der Waals surface area (Å²) in [5, 5.41) is 13.0. The summed E-state index contributed by atoms with van der Waals surface area (Å²) in [6.45, 7) is 3.22. The van der Waals surface area contributed by atoms with E-state index in [1.165, 1.54) is 19.3 Å². The maximum absolute atomic E-state index is 9.38. The number of aliphatic hydroxyl groups excluding tert-OH is 1. The van der Waals surface area contributed by atoms with Gasteiger partial charge < -0.3 is 15.2 Å². The van der Waals surface area contributed by atoms with E-state index in [0.29, 0.717) is 6.04 Å². The highest BCUT2D eigenvalue weighted by Crippen LogP contribution is 2.32. The van der Waals surface area contributed by atoms with Gasteiger partial charge in [-0.15, -0.1) is 0 Å². The summed E-state index contributed by atoms with van der Waals surface area (Å²) in [6.07, 6.45) is 7.04. The van der Waals surface area contributed by atoms with E-state index in [1.54, 1.807) is 7.11 Å². The van der Waals surface area contributed by atoms with E-state index in [9.17, 15) is 5.11 Å². The lowest BCUT2D eigenvalue weighted by Gasteiger charge is -2.44. The molecule has 0 radical (unpaired) electrons. The SMILES string of the molecule is CCCCC(COC)NC1(CO)CCC1. The van der Waals surface area contributed by atoms with Gasteiger partial charge in [0.15, 0.2) is 0 Å². The van der Waals surface area contributed by atoms with Gasteiger partial charge in [-0.05, 0) is 25.7 Å². The zero-order chi connectivity index (χ0) is 11.1. The van der Waals surface area contributed by atoms with E-state index in [-0.39, 0.29) is 12.1 Å². The average molecular weight is 215 g/mol. The second-order valence-electron chi connectivity index (χ2n) is 4.73. The molecule has 1 aliphatic carbocycles.